The Morgan fingerprint density at radius 3 is 1.79 bits per heavy atom. The summed E-state index contributed by atoms with van der Waals surface area (Å²) in [6.07, 6.45) is 21.0. The fourth-order valence-corrected chi connectivity index (χ4v) is 2.19. The highest BCUT2D eigenvalue weighted by atomic mass is 16.1. The molecule has 0 rings (SSSR count). The van der Waals surface area contributed by atoms with E-state index in [2.05, 4.69) is 13.5 Å². The van der Waals surface area contributed by atoms with Crippen molar-refractivity contribution in [2.45, 2.75) is 84.0 Å². The highest BCUT2D eigenvalue weighted by Crippen LogP contribution is 2.11. The summed E-state index contributed by atoms with van der Waals surface area (Å²) in [5.41, 5.74) is 0. The van der Waals surface area contributed by atoms with Crippen LogP contribution in [0.25, 0.3) is 0 Å². The second-order valence-electron chi connectivity index (χ2n) is 5.33. The van der Waals surface area contributed by atoms with Crippen LogP contribution in [0, 0.1) is 0 Å². The lowest BCUT2D eigenvalue weighted by atomic mass is 10.1. The molecule has 0 aromatic rings. The molecule has 0 aromatic carbocycles. The van der Waals surface area contributed by atoms with Crippen LogP contribution >= 0.6 is 0 Å². The number of ketones is 1. The van der Waals surface area contributed by atoms with Crippen molar-refractivity contribution in [1.82, 2.24) is 0 Å². The summed E-state index contributed by atoms with van der Waals surface area (Å²) in [6, 6.07) is 0. The SMILES string of the molecule is C=CC(=O)/C=C/CCCCCCCCCCCCC. The highest BCUT2D eigenvalue weighted by molar-refractivity contribution is 5.98. The summed E-state index contributed by atoms with van der Waals surface area (Å²) < 4.78 is 0. The molecule has 0 aliphatic carbocycles. The molecule has 0 heterocycles. The van der Waals surface area contributed by atoms with Crippen molar-refractivity contribution in [3.8, 4) is 0 Å². The minimum Gasteiger partial charge on any atom is -0.290 e. The molecule has 0 bridgehead atoms. The molecule has 0 aromatic heterocycles. The molecule has 1 nitrogen and oxygen atoms in total. The number of hydrogen-bond acceptors (Lipinski definition) is 1. The number of rotatable bonds is 14. The molecule has 110 valence electrons. The molecular formula is C18H32O. The van der Waals surface area contributed by atoms with Gasteiger partial charge in [0.15, 0.2) is 5.78 Å². The molecule has 0 N–H and O–H groups in total. The predicted octanol–water partition coefficient (Wildman–Crippen LogP) is 6.00. The summed E-state index contributed by atoms with van der Waals surface area (Å²) in [5, 5.41) is 0. The van der Waals surface area contributed by atoms with Gasteiger partial charge in [-0.25, -0.2) is 0 Å². The molecule has 0 radical (unpaired) electrons. The Bertz CT molecular complexity index is 240. The summed E-state index contributed by atoms with van der Waals surface area (Å²) >= 11 is 0. The van der Waals surface area contributed by atoms with E-state index >= 15 is 0 Å². The van der Waals surface area contributed by atoms with Crippen LogP contribution < -0.4 is 0 Å². The lowest BCUT2D eigenvalue weighted by Crippen LogP contribution is -1.83. The molecule has 0 saturated carbocycles. The van der Waals surface area contributed by atoms with Crippen LogP contribution in [0.2, 0.25) is 0 Å². The van der Waals surface area contributed by atoms with E-state index in [-0.39, 0.29) is 5.78 Å². The molecule has 0 aliphatic heterocycles. The van der Waals surface area contributed by atoms with Gasteiger partial charge in [-0.2, -0.15) is 0 Å². The largest absolute Gasteiger partial charge is 0.290 e. The van der Waals surface area contributed by atoms with Gasteiger partial charge in [-0.1, -0.05) is 83.8 Å². The van der Waals surface area contributed by atoms with E-state index in [0.29, 0.717) is 0 Å². The lowest BCUT2D eigenvalue weighted by Gasteiger charge is -2.01. The van der Waals surface area contributed by atoms with Gasteiger partial charge < -0.3 is 0 Å². The highest BCUT2D eigenvalue weighted by Gasteiger charge is 1.92. The van der Waals surface area contributed by atoms with Crippen LogP contribution in [-0.2, 0) is 4.79 Å². The fourth-order valence-electron chi connectivity index (χ4n) is 2.19. The van der Waals surface area contributed by atoms with Crippen molar-refractivity contribution >= 4 is 5.78 Å². The zero-order chi connectivity index (χ0) is 14.2. The van der Waals surface area contributed by atoms with Gasteiger partial charge in [-0.15, -0.1) is 0 Å². The van der Waals surface area contributed by atoms with Crippen molar-refractivity contribution < 1.29 is 4.79 Å². The summed E-state index contributed by atoms with van der Waals surface area (Å²) in [5.74, 6) is 0.0167. The van der Waals surface area contributed by atoms with Crippen molar-refractivity contribution in [1.29, 1.82) is 0 Å². The van der Waals surface area contributed by atoms with Crippen LogP contribution in [0.15, 0.2) is 24.8 Å². The van der Waals surface area contributed by atoms with E-state index in [1.165, 1.54) is 76.7 Å². The molecule has 0 aliphatic rings. The number of unbranched alkanes of at least 4 members (excludes halogenated alkanes) is 11. The number of allylic oxidation sites excluding steroid dienone is 3. The average molecular weight is 264 g/mol. The van der Waals surface area contributed by atoms with E-state index in [1.54, 1.807) is 6.08 Å². The van der Waals surface area contributed by atoms with Crippen LogP contribution in [0.5, 0.6) is 0 Å². The van der Waals surface area contributed by atoms with Gasteiger partial charge in [0.05, 0.1) is 0 Å². The average Bonchev–Trinajstić information content (AvgIpc) is 2.43. The molecular weight excluding hydrogens is 232 g/mol. The summed E-state index contributed by atoms with van der Waals surface area (Å²) in [6.45, 7) is 5.71. The zero-order valence-corrected chi connectivity index (χ0v) is 12.8. The predicted molar refractivity (Wildman–Crippen MR) is 85.4 cm³/mol. The Morgan fingerprint density at radius 2 is 1.32 bits per heavy atom. The second-order valence-corrected chi connectivity index (χ2v) is 5.33. The van der Waals surface area contributed by atoms with E-state index in [9.17, 15) is 4.79 Å². The van der Waals surface area contributed by atoms with E-state index < -0.39 is 0 Å². The summed E-state index contributed by atoms with van der Waals surface area (Å²) in [7, 11) is 0. The monoisotopic (exact) mass is 264 g/mol. The fraction of sp³-hybridized carbons (Fsp3) is 0.722. The Morgan fingerprint density at radius 1 is 0.842 bits per heavy atom. The quantitative estimate of drug-likeness (QED) is 0.278. The standard InChI is InChI=1S/C18H32O/c1-3-5-6-7-8-9-10-11-12-13-14-15-16-17-18(19)4-2/h4,16-17H,2-3,5-15H2,1H3/b17-16+. The molecule has 0 unspecified atom stereocenters. The summed E-state index contributed by atoms with van der Waals surface area (Å²) in [4.78, 5) is 10.9. The van der Waals surface area contributed by atoms with Gasteiger partial charge in [0, 0.05) is 0 Å². The molecule has 0 amide bonds. The Labute approximate surface area is 120 Å². The number of hydrogen-bond donors (Lipinski definition) is 0. The topological polar surface area (TPSA) is 17.1 Å². The van der Waals surface area contributed by atoms with E-state index in [1.807, 2.05) is 6.08 Å². The van der Waals surface area contributed by atoms with Crippen LogP contribution in [0.3, 0.4) is 0 Å². The lowest BCUT2D eigenvalue weighted by molar-refractivity contribution is -0.110. The van der Waals surface area contributed by atoms with Crippen LogP contribution in [-0.4, -0.2) is 5.78 Å². The normalized spacial score (nSPS) is 11.0. The van der Waals surface area contributed by atoms with E-state index in [0.717, 1.165) is 6.42 Å². The molecule has 19 heavy (non-hydrogen) atoms. The van der Waals surface area contributed by atoms with Crippen LogP contribution in [0.1, 0.15) is 84.0 Å². The third-order valence-corrected chi connectivity index (χ3v) is 3.46. The minimum atomic E-state index is 0.0167. The van der Waals surface area contributed by atoms with Gasteiger partial charge in [-0.3, -0.25) is 4.79 Å². The maximum atomic E-state index is 10.9. The minimum absolute atomic E-state index is 0.0167. The Balaban J connectivity index is 3.08. The maximum absolute atomic E-state index is 10.9. The van der Waals surface area contributed by atoms with Gasteiger partial charge >= 0.3 is 0 Å². The van der Waals surface area contributed by atoms with Crippen LogP contribution in [0.4, 0.5) is 0 Å². The first-order valence-corrected chi connectivity index (χ1v) is 8.14. The third kappa shape index (κ3) is 15.1. The van der Waals surface area contributed by atoms with Gasteiger partial charge in [0.2, 0.25) is 0 Å². The molecule has 1 heteroatoms. The Kier molecular flexibility index (Phi) is 14.5. The molecule has 0 spiro atoms. The van der Waals surface area contributed by atoms with Gasteiger partial charge in [0.1, 0.15) is 0 Å². The molecule has 0 atom stereocenters. The van der Waals surface area contributed by atoms with Crippen molar-refractivity contribution in [2.75, 3.05) is 0 Å². The van der Waals surface area contributed by atoms with Gasteiger partial charge in [0.25, 0.3) is 0 Å². The second kappa shape index (κ2) is 15.2. The third-order valence-electron chi connectivity index (χ3n) is 3.46. The smallest absolute Gasteiger partial charge is 0.177 e. The zero-order valence-electron chi connectivity index (χ0n) is 12.8. The first-order chi connectivity index (χ1) is 9.31. The first kappa shape index (κ1) is 18.1. The van der Waals surface area contributed by atoms with Crippen molar-refractivity contribution in [2.24, 2.45) is 0 Å². The van der Waals surface area contributed by atoms with Crippen molar-refractivity contribution in [3.05, 3.63) is 24.8 Å². The van der Waals surface area contributed by atoms with Crippen molar-refractivity contribution in [3.63, 3.8) is 0 Å². The number of carbonyl (C=O) groups is 1. The van der Waals surface area contributed by atoms with Gasteiger partial charge in [-0.05, 0) is 25.0 Å². The first-order valence-electron chi connectivity index (χ1n) is 8.14. The van der Waals surface area contributed by atoms with E-state index in [4.69, 9.17) is 0 Å². The Hall–Kier alpha value is -0.850. The maximum Gasteiger partial charge on any atom is 0.177 e. The molecule has 0 saturated heterocycles. The number of carbonyl (C=O) groups excluding carboxylic acids is 1. The molecule has 0 fully saturated rings.